The number of aliphatic hydroxyl groups is 1. The molecule has 1 aliphatic heterocycles. The first-order chi connectivity index (χ1) is 11.2. The van der Waals surface area contributed by atoms with Gasteiger partial charge in [-0.15, -0.1) is 13.2 Å². The van der Waals surface area contributed by atoms with Gasteiger partial charge in [-0.3, -0.25) is 4.79 Å². The number of carbonyl (C=O) groups excluding carboxylic acids is 1. The second kappa shape index (κ2) is 5.41. The van der Waals surface area contributed by atoms with Crippen molar-refractivity contribution in [3.63, 3.8) is 0 Å². The molecular weight excluding hydrogens is 327 g/mol. The van der Waals surface area contributed by atoms with Crippen LogP contribution in [0.15, 0.2) is 42.5 Å². The van der Waals surface area contributed by atoms with Crippen LogP contribution in [0.5, 0.6) is 11.5 Å². The molecule has 1 atom stereocenters. The molecule has 0 radical (unpaired) electrons. The molecule has 0 saturated heterocycles. The number of hydrogen-bond acceptors (Lipinski definition) is 4. The highest BCUT2D eigenvalue weighted by Gasteiger charge is 2.47. The smallest absolute Gasteiger partial charge is 0.497 e. The van der Waals surface area contributed by atoms with Crippen LogP contribution in [0.25, 0.3) is 0 Å². The minimum atomic E-state index is -4.88. The number of fused-ring (bicyclic) bond motifs is 1. The maximum Gasteiger partial charge on any atom is 0.573 e. The molecule has 5 nitrogen and oxygen atoms in total. The molecule has 8 heteroatoms. The van der Waals surface area contributed by atoms with Gasteiger partial charge < -0.3 is 19.9 Å². The lowest BCUT2D eigenvalue weighted by Gasteiger charge is -2.22. The van der Waals surface area contributed by atoms with Gasteiger partial charge in [-0.05, 0) is 30.3 Å². The van der Waals surface area contributed by atoms with E-state index in [1.807, 2.05) is 0 Å². The Labute approximate surface area is 134 Å². The molecule has 0 aliphatic carbocycles. The highest BCUT2D eigenvalue weighted by atomic mass is 19.4. The maximum absolute atomic E-state index is 12.4. The van der Waals surface area contributed by atoms with Gasteiger partial charge in [0.05, 0.1) is 7.11 Å². The van der Waals surface area contributed by atoms with Crippen LogP contribution in [-0.4, -0.2) is 24.5 Å². The Bertz CT molecular complexity index is 806. The number of methoxy groups -OCH3 is 1. The van der Waals surface area contributed by atoms with Gasteiger partial charge in [0, 0.05) is 16.8 Å². The van der Waals surface area contributed by atoms with E-state index < -0.39 is 23.6 Å². The molecule has 0 aromatic heterocycles. The molecule has 24 heavy (non-hydrogen) atoms. The summed E-state index contributed by atoms with van der Waals surface area (Å²) in [4.78, 5) is 12.3. The normalized spacial score (nSPS) is 19.6. The van der Waals surface area contributed by atoms with E-state index in [1.165, 1.54) is 25.3 Å². The maximum atomic E-state index is 12.4. The Morgan fingerprint density at radius 1 is 1.12 bits per heavy atom. The number of carbonyl (C=O) groups is 1. The fraction of sp³-hybridized carbons (Fsp3) is 0.188. The zero-order valence-corrected chi connectivity index (χ0v) is 12.3. The lowest BCUT2D eigenvalue weighted by molar-refractivity contribution is -0.274. The van der Waals surface area contributed by atoms with Crippen LogP contribution in [0, 0.1) is 0 Å². The molecule has 0 saturated carbocycles. The molecule has 2 N–H and O–H groups in total. The summed E-state index contributed by atoms with van der Waals surface area (Å²) < 4.78 is 46.1. The van der Waals surface area contributed by atoms with Gasteiger partial charge in [0.15, 0.2) is 5.60 Å². The number of anilines is 1. The van der Waals surface area contributed by atoms with Gasteiger partial charge in [-0.1, -0.05) is 12.1 Å². The van der Waals surface area contributed by atoms with Crippen molar-refractivity contribution in [2.75, 3.05) is 12.4 Å². The predicted molar refractivity (Wildman–Crippen MR) is 77.7 cm³/mol. The largest absolute Gasteiger partial charge is 0.573 e. The van der Waals surface area contributed by atoms with Crippen LogP contribution in [0.2, 0.25) is 0 Å². The van der Waals surface area contributed by atoms with Gasteiger partial charge in [0.1, 0.15) is 11.5 Å². The fourth-order valence-electron chi connectivity index (χ4n) is 2.60. The highest BCUT2D eigenvalue weighted by Crippen LogP contribution is 2.43. The number of hydrogen-bond donors (Lipinski definition) is 2. The highest BCUT2D eigenvalue weighted by molar-refractivity contribution is 6.07. The first kappa shape index (κ1) is 16.1. The third kappa shape index (κ3) is 2.65. The number of rotatable bonds is 3. The lowest BCUT2D eigenvalue weighted by atomic mass is 9.87. The molecule has 0 unspecified atom stereocenters. The zero-order chi connectivity index (χ0) is 17.5. The standard InChI is InChI=1S/C16H12F3NO4/c1-23-10-4-2-3-9(7-10)15(22)12-8-11(24-16(17,18)19)5-6-13(12)20-14(15)21/h2-8,22H,1H3,(H,20,21)/t15-/m0/s1. The summed E-state index contributed by atoms with van der Waals surface area (Å²) in [6.45, 7) is 0. The molecule has 1 aliphatic rings. The molecule has 0 spiro atoms. The monoisotopic (exact) mass is 339 g/mol. The third-order valence-electron chi connectivity index (χ3n) is 3.68. The first-order valence-corrected chi connectivity index (χ1v) is 6.82. The van der Waals surface area contributed by atoms with Gasteiger partial charge in [-0.25, -0.2) is 0 Å². The molecule has 0 bridgehead atoms. The third-order valence-corrected chi connectivity index (χ3v) is 3.68. The molecule has 0 fully saturated rings. The average Bonchev–Trinajstić information content (AvgIpc) is 2.78. The van der Waals surface area contributed by atoms with Gasteiger partial charge in [0.25, 0.3) is 5.91 Å². The van der Waals surface area contributed by atoms with Gasteiger partial charge in [0.2, 0.25) is 0 Å². The molecular formula is C16H12F3NO4. The van der Waals surface area contributed by atoms with Crippen molar-refractivity contribution in [3.05, 3.63) is 53.6 Å². The minimum absolute atomic E-state index is 0.0255. The van der Waals surface area contributed by atoms with E-state index >= 15 is 0 Å². The molecule has 2 aromatic carbocycles. The zero-order valence-electron chi connectivity index (χ0n) is 12.3. The van der Waals surface area contributed by atoms with Crippen molar-refractivity contribution in [1.29, 1.82) is 0 Å². The average molecular weight is 339 g/mol. The Hall–Kier alpha value is -2.74. The van der Waals surface area contributed by atoms with Crippen molar-refractivity contribution in [2.45, 2.75) is 12.0 Å². The lowest BCUT2D eigenvalue weighted by Crippen LogP contribution is -2.35. The second-order valence-electron chi connectivity index (χ2n) is 5.15. The number of benzene rings is 2. The van der Waals surface area contributed by atoms with Gasteiger partial charge in [-0.2, -0.15) is 0 Å². The molecule has 2 aromatic rings. The SMILES string of the molecule is COc1cccc([C@@]2(O)C(=O)Nc3ccc(OC(F)(F)F)cc32)c1. The topological polar surface area (TPSA) is 67.8 Å². The van der Waals surface area contributed by atoms with Crippen molar-refractivity contribution in [2.24, 2.45) is 0 Å². The molecule has 126 valence electrons. The molecule has 1 heterocycles. The summed E-state index contributed by atoms with van der Waals surface area (Å²) in [6.07, 6.45) is -4.88. The van der Waals surface area contributed by atoms with E-state index in [9.17, 15) is 23.1 Å². The van der Waals surface area contributed by atoms with Gasteiger partial charge >= 0.3 is 6.36 Å². The first-order valence-electron chi connectivity index (χ1n) is 6.82. The van der Waals surface area contributed by atoms with Crippen LogP contribution in [0.3, 0.4) is 0 Å². The number of halogens is 3. The number of alkyl halides is 3. The second-order valence-corrected chi connectivity index (χ2v) is 5.15. The molecule has 1 amide bonds. The Kier molecular flexibility index (Phi) is 3.64. The van der Waals surface area contributed by atoms with Crippen molar-refractivity contribution >= 4 is 11.6 Å². The van der Waals surface area contributed by atoms with E-state index in [4.69, 9.17) is 4.74 Å². The van der Waals surface area contributed by atoms with Crippen LogP contribution < -0.4 is 14.8 Å². The number of ether oxygens (including phenoxy) is 2. The van der Waals surface area contributed by atoms with Crippen molar-refractivity contribution < 1.29 is 32.5 Å². The summed E-state index contributed by atoms with van der Waals surface area (Å²) >= 11 is 0. The summed E-state index contributed by atoms with van der Waals surface area (Å²) in [7, 11) is 1.42. The van der Waals surface area contributed by atoms with E-state index in [0.717, 1.165) is 12.1 Å². The fourth-order valence-corrected chi connectivity index (χ4v) is 2.60. The summed E-state index contributed by atoms with van der Waals surface area (Å²) in [5.41, 5.74) is -1.79. The van der Waals surface area contributed by atoms with E-state index in [1.54, 1.807) is 12.1 Å². The van der Waals surface area contributed by atoms with E-state index in [-0.39, 0.29) is 16.8 Å². The van der Waals surface area contributed by atoms with Crippen LogP contribution in [0.1, 0.15) is 11.1 Å². The van der Waals surface area contributed by atoms with E-state index in [2.05, 4.69) is 10.1 Å². The molecule has 3 rings (SSSR count). The summed E-state index contributed by atoms with van der Waals surface area (Å²) in [6, 6.07) is 9.38. The van der Waals surface area contributed by atoms with Crippen LogP contribution in [-0.2, 0) is 10.4 Å². The van der Waals surface area contributed by atoms with Crippen LogP contribution in [0.4, 0.5) is 18.9 Å². The Balaban J connectivity index is 2.10. The summed E-state index contributed by atoms with van der Waals surface area (Å²) in [5.74, 6) is -0.904. The number of amides is 1. The van der Waals surface area contributed by atoms with Crippen LogP contribution >= 0.6 is 0 Å². The summed E-state index contributed by atoms with van der Waals surface area (Å²) in [5, 5.41) is 13.4. The Morgan fingerprint density at radius 3 is 2.54 bits per heavy atom. The minimum Gasteiger partial charge on any atom is -0.497 e. The predicted octanol–water partition coefficient (Wildman–Crippen LogP) is 2.78. The van der Waals surface area contributed by atoms with E-state index in [0.29, 0.717) is 5.75 Å². The Morgan fingerprint density at radius 2 is 1.88 bits per heavy atom. The number of nitrogens with one attached hydrogen (secondary N) is 1. The van der Waals surface area contributed by atoms with Crippen molar-refractivity contribution in [3.8, 4) is 11.5 Å². The van der Waals surface area contributed by atoms with Crippen molar-refractivity contribution in [1.82, 2.24) is 0 Å². The quantitative estimate of drug-likeness (QED) is 0.902.